The van der Waals surface area contributed by atoms with Crippen molar-refractivity contribution in [2.75, 3.05) is 49.2 Å². The van der Waals surface area contributed by atoms with Crippen molar-refractivity contribution in [3.05, 3.63) is 130 Å². The van der Waals surface area contributed by atoms with E-state index in [1.165, 1.54) is 35.5 Å². The Labute approximate surface area is 529 Å². The molecule has 1 aliphatic carbocycles. The van der Waals surface area contributed by atoms with Crippen molar-refractivity contribution in [2.24, 2.45) is 11.3 Å². The van der Waals surface area contributed by atoms with Crippen LogP contribution < -0.4 is 25.6 Å². The van der Waals surface area contributed by atoms with Crippen molar-refractivity contribution in [3.63, 3.8) is 0 Å². The predicted molar refractivity (Wildman–Crippen MR) is 349 cm³/mol. The van der Waals surface area contributed by atoms with Crippen molar-refractivity contribution in [2.45, 2.75) is 149 Å². The minimum absolute atomic E-state index is 0.0374. The van der Waals surface area contributed by atoms with Gasteiger partial charge < -0.3 is 30.4 Å². The van der Waals surface area contributed by atoms with Crippen molar-refractivity contribution < 1.29 is 37.5 Å². The third kappa shape index (κ3) is 15.8. The van der Waals surface area contributed by atoms with Crippen molar-refractivity contribution >= 4 is 83.4 Å². The lowest BCUT2D eigenvalue weighted by Gasteiger charge is -2.35. The summed E-state index contributed by atoms with van der Waals surface area (Å²) in [5.41, 5.74) is 9.08. The van der Waals surface area contributed by atoms with Gasteiger partial charge in [-0.3, -0.25) is 34.0 Å². The van der Waals surface area contributed by atoms with Crippen LogP contribution in [-0.2, 0) is 43.9 Å². The summed E-state index contributed by atoms with van der Waals surface area (Å²) in [7, 11) is -2.29. The molecule has 2 aliphatic heterocycles. The molecule has 472 valence electrons. The molecule has 1 saturated carbocycles. The number of nitrogens with one attached hydrogen (secondary N) is 4. The lowest BCUT2D eigenvalue weighted by Crippen LogP contribution is -2.57. The standard InChI is InChI=1S/C66H82N12O8S3/c1-41(45-24-26-47(27-25-45)59-42(2)67-40-87-59)69-62(82)54-35-48(79)38-77(54)64(84)60(66(4,5)6)72-57(80)23-13-14-31-75(7)32-16-34-89(85,86)74-63(83)58-49(51-36-68-78(43(51)3)37-44-17-9-8-10-18-44)28-29-56(71-58)76-33-30-46-19-15-20-50(52(46)39-76)61(81)73-65-70-53-21-11-12-22-55(53)88-65/h11-12,15,19-22,24-29,36,40-41,44,48,54,60,79H,8-10,13-14,16-18,23,30-35,37-39H2,1-7H3,(H,69,82)(H,72,80)(H,74,83)(H,70,73,81)/t41-,48+,54-,60+/m0/s1. The summed E-state index contributed by atoms with van der Waals surface area (Å²) in [5.74, 6) is -1.65. The van der Waals surface area contributed by atoms with Gasteiger partial charge in [0, 0.05) is 61.4 Å². The summed E-state index contributed by atoms with van der Waals surface area (Å²) in [5, 5.41) is 25.0. The first-order valence-electron chi connectivity index (χ1n) is 31.0. The van der Waals surface area contributed by atoms with Crippen LogP contribution in [0.15, 0.2) is 90.6 Å². The first kappa shape index (κ1) is 64.5. The number of rotatable bonds is 23. The molecular weight excluding hydrogens is 1190 g/mol. The second kappa shape index (κ2) is 28.2. The normalized spacial score (nSPS) is 17.1. The van der Waals surface area contributed by atoms with E-state index in [1.54, 1.807) is 23.6 Å². The lowest BCUT2D eigenvalue weighted by atomic mass is 9.85. The highest BCUT2D eigenvalue weighted by Gasteiger charge is 2.45. The maximum absolute atomic E-state index is 14.5. The van der Waals surface area contributed by atoms with Crippen LogP contribution in [0.25, 0.3) is 31.8 Å². The number of sulfonamides is 1. The molecule has 0 spiro atoms. The summed E-state index contributed by atoms with van der Waals surface area (Å²) in [6.45, 7) is 13.9. The fourth-order valence-electron chi connectivity index (χ4n) is 12.4. The van der Waals surface area contributed by atoms with Gasteiger partial charge in [-0.15, -0.1) is 11.3 Å². The zero-order chi connectivity index (χ0) is 63.1. The number of carbonyl (C=O) groups is 5. The van der Waals surface area contributed by atoms with Crippen LogP contribution in [-0.4, -0.2) is 135 Å². The molecule has 20 nitrogen and oxygen atoms in total. The molecule has 5 amide bonds. The molecule has 3 aliphatic rings. The van der Waals surface area contributed by atoms with Gasteiger partial charge in [0.1, 0.15) is 23.6 Å². The number of nitrogens with zero attached hydrogens (tertiary/aromatic N) is 8. The number of fused-ring (bicyclic) bond motifs is 2. The van der Waals surface area contributed by atoms with Gasteiger partial charge in [-0.05, 0) is 143 Å². The average Bonchev–Trinajstić information content (AvgIpc) is 2.48. The third-order valence-electron chi connectivity index (χ3n) is 17.5. The molecular formula is C66H82N12O8S3. The van der Waals surface area contributed by atoms with E-state index in [9.17, 15) is 37.5 Å². The molecule has 4 aromatic heterocycles. The van der Waals surface area contributed by atoms with E-state index in [4.69, 9.17) is 10.1 Å². The molecule has 89 heavy (non-hydrogen) atoms. The van der Waals surface area contributed by atoms with E-state index in [0.29, 0.717) is 79.0 Å². The largest absolute Gasteiger partial charge is 0.391 e. The molecule has 10 rings (SSSR count). The number of pyridine rings is 1. The highest BCUT2D eigenvalue weighted by molar-refractivity contribution is 7.90. The molecule has 2 fully saturated rings. The SMILES string of the molecule is Cc1ncsc1-c1ccc([C@H](C)NC(=O)[C@@H]2C[C@@H](O)CN2C(=O)[C@@H](NC(=O)CCCCN(C)CCCS(=O)(=O)NC(=O)c2nc(N3CCc4cccc(C(=O)Nc5nc6ccccc6s5)c4C3)ccc2-c2cnn(CC3CCCCC3)c2C)C(C)(C)C)cc1. The number of anilines is 2. The Morgan fingerprint density at radius 2 is 1.63 bits per heavy atom. The number of hydrogen-bond donors (Lipinski definition) is 5. The maximum atomic E-state index is 14.5. The van der Waals surface area contributed by atoms with E-state index in [-0.39, 0.29) is 61.0 Å². The lowest BCUT2D eigenvalue weighted by molar-refractivity contribution is -0.144. The number of likely N-dealkylation sites (tertiary alicyclic amines) is 1. The van der Waals surface area contributed by atoms with Gasteiger partial charge in [-0.2, -0.15) is 5.10 Å². The van der Waals surface area contributed by atoms with Crippen LogP contribution >= 0.6 is 22.7 Å². The Morgan fingerprint density at radius 3 is 2.37 bits per heavy atom. The number of aliphatic hydroxyl groups excluding tert-OH is 1. The molecule has 0 unspecified atom stereocenters. The summed E-state index contributed by atoms with van der Waals surface area (Å²) in [6.07, 6.45) is 8.82. The van der Waals surface area contributed by atoms with Crippen molar-refractivity contribution in [1.29, 1.82) is 0 Å². The summed E-state index contributed by atoms with van der Waals surface area (Å²) in [4.78, 5) is 90.4. The van der Waals surface area contributed by atoms with Gasteiger partial charge in [-0.1, -0.05) is 99.9 Å². The summed E-state index contributed by atoms with van der Waals surface area (Å²) in [6, 6.07) is 22.7. The van der Waals surface area contributed by atoms with Crippen molar-refractivity contribution in [1.82, 2.24) is 49.9 Å². The number of β-amino-alcohol motifs (C(OH)–C–C–N with tert-alkyl or cyclic N) is 1. The first-order chi connectivity index (χ1) is 42.6. The van der Waals surface area contributed by atoms with Gasteiger partial charge in [0.05, 0.1) is 50.4 Å². The Bertz CT molecular complexity index is 3780. The number of aryl methyl sites for hydroxylation is 1. The molecule has 7 aromatic rings. The van der Waals surface area contributed by atoms with E-state index in [0.717, 1.165) is 68.1 Å². The molecule has 0 bridgehead atoms. The minimum Gasteiger partial charge on any atom is -0.391 e. The molecule has 3 aromatic carbocycles. The number of aromatic nitrogens is 5. The van der Waals surface area contributed by atoms with Crippen LogP contribution in [0.1, 0.15) is 147 Å². The van der Waals surface area contributed by atoms with Crippen LogP contribution in [0.3, 0.4) is 0 Å². The number of benzene rings is 3. The molecule has 4 atom stereocenters. The van der Waals surface area contributed by atoms with Gasteiger partial charge in [0.15, 0.2) is 5.13 Å². The number of hydrogen-bond acceptors (Lipinski definition) is 16. The van der Waals surface area contributed by atoms with Crippen LogP contribution in [0.2, 0.25) is 0 Å². The second-order valence-corrected chi connectivity index (χ2v) is 28.9. The Balaban J connectivity index is 0.730. The zero-order valence-electron chi connectivity index (χ0n) is 51.9. The van der Waals surface area contributed by atoms with Crippen LogP contribution in [0.5, 0.6) is 0 Å². The molecule has 23 heteroatoms. The fourth-order valence-corrected chi connectivity index (χ4v) is 15.1. The van der Waals surface area contributed by atoms with Crippen LogP contribution in [0, 0.1) is 25.2 Å². The summed E-state index contributed by atoms with van der Waals surface area (Å²) < 4.78 is 32.9. The Hall–Kier alpha value is -7.44. The Morgan fingerprint density at radius 1 is 0.865 bits per heavy atom. The van der Waals surface area contributed by atoms with Gasteiger partial charge >= 0.3 is 0 Å². The number of unbranched alkanes of at least 4 members (excludes halogenated alkanes) is 1. The molecule has 5 N–H and O–H groups in total. The predicted octanol–water partition coefficient (Wildman–Crippen LogP) is 9.61. The van der Waals surface area contributed by atoms with Crippen molar-refractivity contribution in [3.8, 4) is 21.6 Å². The minimum atomic E-state index is -4.16. The van der Waals surface area contributed by atoms with E-state index >= 15 is 0 Å². The highest BCUT2D eigenvalue weighted by Crippen LogP contribution is 2.35. The first-order valence-corrected chi connectivity index (χ1v) is 34.3. The van der Waals surface area contributed by atoms with Crippen LogP contribution in [0.4, 0.5) is 10.9 Å². The van der Waals surface area contributed by atoms with Gasteiger partial charge in [0.25, 0.3) is 11.8 Å². The van der Waals surface area contributed by atoms with E-state index in [1.807, 2.05) is 141 Å². The summed E-state index contributed by atoms with van der Waals surface area (Å²) >= 11 is 2.97. The Kier molecular flexibility index (Phi) is 20.4. The second-order valence-electron chi connectivity index (χ2n) is 25.2. The average molecular weight is 1270 g/mol. The smallest absolute Gasteiger partial charge is 0.284 e. The maximum Gasteiger partial charge on any atom is 0.284 e. The van der Waals surface area contributed by atoms with E-state index in [2.05, 4.69) is 30.6 Å². The monoisotopic (exact) mass is 1270 g/mol. The van der Waals surface area contributed by atoms with Gasteiger partial charge in [-0.25, -0.2) is 28.1 Å². The topological polar surface area (TPSA) is 254 Å². The molecule has 0 radical (unpaired) electrons. The number of thiazole rings is 2. The molecule has 1 saturated heterocycles. The highest BCUT2D eigenvalue weighted by atomic mass is 32.2. The number of para-hydroxylation sites is 1. The number of carbonyl (C=O) groups excluding carboxylic acids is 5. The fraction of sp³-hybridized carbons (Fsp3) is 0.470. The zero-order valence-corrected chi connectivity index (χ0v) is 54.3. The molecule has 6 heterocycles. The number of aliphatic hydroxyl groups is 1. The quantitative estimate of drug-likeness (QED) is 0.0374. The number of amides is 5. The van der Waals surface area contributed by atoms with Gasteiger partial charge in [0.2, 0.25) is 27.7 Å². The van der Waals surface area contributed by atoms with E-state index < -0.39 is 45.4 Å². The third-order valence-corrected chi connectivity index (χ3v) is 20.7.